The minimum atomic E-state index is -0.337. The maximum absolute atomic E-state index is 12.4. The van der Waals surface area contributed by atoms with Crippen molar-refractivity contribution in [2.45, 2.75) is 64.5 Å². The number of imidazole rings is 1. The molecular formula is C18H26N4O2. The number of rotatable bonds is 3. The number of amides is 3. The van der Waals surface area contributed by atoms with Gasteiger partial charge in [0, 0.05) is 11.2 Å². The lowest BCUT2D eigenvalue weighted by Crippen LogP contribution is -2.62. The van der Waals surface area contributed by atoms with Crippen LogP contribution in [0.1, 0.15) is 49.9 Å². The quantitative estimate of drug-likeness (QED) is 0.893. The fourth-order valence-corrected chi connectivity index (χ4v) is 5.56. The van der Waals surface area contributed by atoms with Crippen LogP contribution >= 0.6 is 0 Å². The number of aromatic nitrogens is 2. The summed E-state index contributed by atoms with van der Waals surface area (Å²) in [5.74, 6) is 2.01. The van der Waals surface area contributed by atoms with Crippen molar-refractivity contribution in [2.24, 2.45) is 17.8 Å². The summed E-state index contributed by atoms with van der Waals surface area (Å²) in [7, 11) is 0. The molecule has 4 saturated carbocycles. The number of urea groups is 1. The van der Waals surface area contributed by atoms with E-state index in [0.29, 0.717) is 0 Å². The van der Waals surface area contributed by atoms with Gasteiger partial charge in [0.05, 0.1) is 12.0 Å². The van der Waals surface area contributed by atoms with E-state index in [-0.39, 0.29) is 24.0 Å². The maximum Gasteiger partial charge on any atom is 0.321 e. The van der Waals surface area contributed by atoms with Crippen LogP contribution in [0.15, 0.2) is 6.33 Å². The fourth-order valence-electron chi connectivity index (χ4n) is 5.56. The molecule has 24 heavy (non-hydrogen) atoms. The molecule has 4 fully saturated rings. The van der Waals surface area contributed by atoms with Gasteiger partial charge in [-0.05, 0) is 70.1 Å². The Balaban J connectivity index is 1.35. The molecule has 5 rings (SSSR count). The Labute approximate surface area is 142 Å². The SMILES string of the molecule is Cc1ncn(CC(=O)NC(=O)NC23CC4CC(CC(C4)C2)C3)c1C. The molecule has 0 atom stereocenters. The molecule has 0 spiro atoms. The first-order valence-corrected chi connectivity index (χ1v) is 9.03. The van der Waals surface area contributed by atoms with E-state index in [9.17, 15) is 9.59 Å². The third-order valence-electron chi connectivity index (χ3n) is 6.33. The van der Waals surface area contributed by atoms with E-state index in [2.05, 4.69) is 15.6 Å². The van der Waals surface area contributed by atoms with Crippen molar-refractivity contribution < 1.29 is 9.59 Å². The summed E-state index contributed by atoms with van der Waals surface area (Å²) in [5, 5.41) is 5.67. The van der Waals surface area contributed by atoms with Gasteiger partial charge < -0.3 is 9.88 Å². The average molecular weight is 330 g/mol. The third kappa shape index (κ3) is 2.82. The highest BCUT2D eigenvalue weighted by atomic mass is 16.2. The van der Waals surface area contributed by atoms with Gasteiger partial charge in [-0.15, -0.1) is 0 Å². The van der Waals surface area contributed by atoms with Crippen LogP contribution in [0.5, 0.6) is 0 Å². The fraction of sp³-hybridized carbons (Fsp3) is 0.722. The minimum Gasteiger partial charge on any atom is -0.332 e. The number of carbonyl (C=O) groups is 2. The van der Waals surface area contributed by atoms with Crippen molar-refractivity contribution in [2.75, 3.05) is 0 Å². The molecule has 2 N–H and O–H groups in total. The molecule has 0 unspecified atom stereocenters. The van der Waals surface area contributed by atoms with Gasteiger partial charge in [0.1, 0.15) is 6.54 Å². The van der Waals surface area contributed by atoms with Crippen LogP contribution < -0.4 is 10.6 Å². The van der Waals surface area contributed by atoms with E-state index in [1.807, 2.05) is 13.8 Å². The van der Waals surface area contributed by atoms with Crippen molar-refractivity contribution in [3.05, 3.63) is 17.7 Å². The number of hydrogen-bond donors (Lipinski definition) is 2. The van der Waals surface area contributed by atoms with Gasteiger partial charge in [0.2, 0.25) is 5.91 Å². The van der Waals surface area contributed by atoms with Crippen molar-refractivity contribution in [3.8, 4) is 0 Å². The van der Waals surface area contributed by atoms with Gasteiger partial charge in [-0.2, -0.15) is 0 Å². The molecule has 4 bridgehead atoms. The van der Waals surface area contributed by atoms with Crippen LogP contribution in [0.25, 0.3) is 0 Å². The zero-order chi connectivity index (χ0) is 16.9. The number of imide groups is 1. The minimum absolute atomic E-state index is 0.0688. The van der Waals surface area contributed by atoms with Crippen molar-refractivity contribution in [3.63, 3.8) is 0 Å². The first-order chi connectivity index (χ1) is 11.4. The molecule has 1 aromatic rings. The molecule has 1 heterocycles. The monoisotopic (exact) mass is 330 g/mol. The van der Waals surface area contributed by atoms with Crippen LogP contribution in [0, 0.1) is 31.6 Å². The summed E-state index contributed by atoms with van der Waals surface area (Å²) in [5.41, 5.74) is 1.79. The first kappa shape index (κ1) is 15.7. The lowest BCUT2D eigenvalue weighted by atomic mass is 9.53. The Kier molecular flexibility index (Phi) is 3.66. The summed E-state index contributed by atoms with van der Waals surface area (Å²) in [6.07, 6.45) is 8.89. The largest absolute Gasteiger partial charge is 0.332 e. The molecule has 1 aromatic heterocycles. The molecule has 0 saturated heterocycles. The molecule has 130 valence electrons. The second kappa shape index (κ2) is 5.60. The summed E-state index contributed by atoms with van der Waals surface area (Å²) in [4.78, 5) is 28.7. The first-order valence-electron chi connectivity index (χ1n) is 9.03. The number of aryl methyl sites for hydroxylation is 1. The van der Waals surface area contributed by atoms with E-state index < -0.39 is 0 Å². The third-order valence-corrected chi connectivity index (χ3v) is 6.33. The zero-order valence-electron chi connectivity index (χ0n) is 14.5. The molecule has 6 heteroatoms. The summed E-state index contributed by atoms with van der Waals surface area (Å²) in [6, 6.07) is -0.337. The predicted molar refractivity (Wildman–Crippen MR) is 89.3 cm³/mol. The lowest BCUT2D eigenvalue weighted by molar-refractivity contribution is -0.120. The highest BCUT2D eigenvalue weighted by Crippen LogP contribution is 2.55. The zero-order valence-corrected chi connectivity index (χ0v) is 14.5. The molecule has 4 aliphatic rings. The molecule has 6 nitrogen and oxygen atoms in total. The van der Waals surface area contributed by atoms with E-state index in [0.717, 1.165) is 48.4 Å². The van der Waals surface area contributed by atoms with E-state index in [4.69, 9.17) is 0 Å². The Morgan fingerprint density at radius 2 is 1.75 bits per heavy atom. The van der Waals surface area contributed by atoms with Gasteiger partial charge in [0.25, 0.3) is 0 Å². The van der Waals surface area contributed by atoms with Crippen molar-refractivity contribution >= 4 is 11.9 Å². The second-order valence-electron chi connectivity index (χ2n) is 8.24. The molecule has 0 aromatic carbocycles. The van der Waals surface area contributed by atoms with Crippen LogP contribution in [-0.4, -0.2) is 27.0 Å². The summed E-state index contributed by atoms with van der Waals surface area (Å²) >= 11 is 0. The van der Waals surface area contributed by atoms with Gasteiger partial charge in [0.15, 0.2) is 0 Å². The van der Waals surface area contributed by atoms with E-state index >= 15 is 0 Å². The van der Waals surface area contributed by atoms with E-state index in [1.165, 1.54) is 19.3 Å². The van der Waals surface area contributed by atoms with Gasteiger partial charge in [-0.25, -0.2) is 9.78 Å². The number of carbonyl (C=O) groups excluding carboxylic acids is 2. The molecule has 4 aliphatic carbocycles. The lowest BCUT2D eigenvalue weighted by Gasteiger charge is -2.56. The van der Waals surface area contributed by atoms with E-state index in [1.54, 1.807) is 10.9 Å². The smallest absolute Gasteiger partial charge is 0.321 e. The van der Waals surface area contributed by atoms with Crippen LogP contribution in [0.2, 0.25) is 0 Å². The van der Waals surface area contributed by atoms with Gasteiger partial charge in [-0.3, -0.25) is 10.1 Å². The molecule has 3 amide bonds. The highest BCUT2D eigenvalue weighted by Gasteiger charge is 2.51. The molecule has 0 aliphatic heterocycles. The normalized spacial score (nSPS) is 33.5. The standard InChI is InChI=1S/C18H26N4O2/c1-11-12(2)22(10-19-11)9-16(23)20-17(24)21-18-6-13-3-14(7-18)5-15(4-13)8-18/h10,13-15H,3-9H2,1-2H3,(H2,20,21,23,24). The Bertz CT molecular complexity index is 643. The van der Waals surface area contributed by atoms with Gasteiger partial charge in [-0.1, -0.05) is 0 Å². The number of hydrogen-bond acceptors (Lipinski definition) is 3. The summed E-state index contributed by atoms with van der Waals surface area (Å²) < 4.78 is 1.77. The van der Waals surface area contributed by atoms with Crippen LogP contribution in [0.4, 0.5) is 4.79 Å². The maximum atomic E-state index is 12.4. The number of nitrogens with one attached hydrogen (secondary N) is 2. The topological polar surface area (TPSA) is 76.0 Å². The van der Waals surface area contributed by atoms with Gasteiger partial charge >= 0.3 is 6.03 Å². The highest BCUT2D eigenvalue weighted by molar-refractivity contribution is 5.94. The average Bonchev–Trinajstić information content (AvgIpc) is 2.76. The summed E-state index contributed by atoms with van der Waals surface area (Å²) in [6.45, 7) is 3.95. The second-order valence-corrected chi connectivity index (χ2v) is 8.24. The molecule has 0 radical (unpaired) electrons. The Hall–Kier alpha value is -1.85. The Morgan fingerprint density at radius 3 is 2.25 bits per heavy atom. The predicted octanol–water partition coefficient (Wildman–Crippen LogP) is 2.29. The van der Waals surface area contributed by atoms with Crippen molar-refractivity contribution in [1.29, 1.82) is 0 Å². The van der Waals surface area contributed by atoms with Crippen LogP contribution in [-0.2, 0) is 11.3 Å². The van der Waals surface area contributed by atoms with Crippen LogP contribution in [0.3, 0.4) is 0 Å². The molecular weight excluding hydrogens is 304 g/mol. The van der Waals surface area contributed by atoms with Crippen molar-refractivity contribution in [1.82, 2.24) is 20.2 Å². The Morgan fingerprint density at radius 1 is 1.17 bits per heavy atom. The number of nitrogens with zero attached hydrogens (tertiary/aromatic N) is 2.